The lowest BCUT2D eigenvalue weighted by molar-refractivity contribution is 0.385. The van der Waals surface area contributed by atoms with Crippen LogP contribution in [0.4, 0.5) is 0 Å². The Morgan fingerprint density at radius 2 is 1.81 bits per heavy atom. The molecule has 0 aliphatic heterocycles. The quantitative estimate of drug-likeness (QED) is 0.759. The van der Waals surface area contributed by atoms with Crippen molar-refractivity contribution in [2.75, 3.05) is 18.8 Å². The Hall–Kier alpha value is -0.470. The van der Waals surface area contributed by atoms with Crippen molar-refractivity contribution in [1.82, 2.24) is 5.32 Å². The summed E-state index contributed by atoms with van der Waals surface area (Å²) in [5.74, 6) is 2.31. The van der Waals surface area contributed by atoms with Crippen LogP contribution in [0.1, 0.15) is 26.3 Å². The molecule has 0 fully saturated rings. The lowest BCUT2D eigenvalue weighted by Crippen LogP contribution is -2.28. The first-order chi connectivity index (χ1) is 7.58. The predicted octanol–water partition coefficient (Wildman–Crippen LogP) is 3.56. The highest BCUT2D eigenvalue weighted by Gasteiger charge is 2.07. The number of benzene rings is 1. The third-order valence-electron chi connectivity index (χ3n) is 2.19. The van der Waals surface area contributed by atoms with Crippen LogP contribution in [-0.4, -0.2) is 18.8 Å². The summed E-state index contributed by atoms with van der Waals surface area (Å²) in [7, 11) is 0. The van der Waals surface area contributed by atoms with Crippen molar-refractivity contribution < 1.29 is 0 Å². The summed E-state index contributed by atoms with van der Waals surface area (Å²) in [6.07, 6.45) is 0. The van der Waals surface area contributed by atoms with Crippen molar-refractivity contribution >= 4 is 11.8 Å². The van der Waals surface area contributed by atoms with E-state index in [0.717, 1.165) is 18.8 Å². The van der Waals surface area contributed by atoms with Gasteiger partial charge in [-0.3, -0.25) is 0 Å². The second-order valence-electron chi connectivity index (χ2n) is 5.28. The molecule has 90 valence electrons. The maximum absolute atomic E-state index is 3.49. The van der Waals surface area contributed by atoms with E-state index < -0.39 is 0 Å². The highest BCUT2D eigenvalue weighted by Crippen LogP contribution is 2.12. The van der Waals surface area contributed by atoms with Crippen LogP contribution in [0, 0.1) is 5.41 Å². The topological polar surface area (TPSA) is 12.0 Å². The molecule has 0 bridgehead atoms. The second-order valence-corrected chi connectivity index (χ2v) is 6.38. The van der Waals surface area contributed by atoms with E-state index >= 15 is 0 Å². The monoisotopic (exact) mass is 237 g/mol. The molecule has 0 radical (unpaired) electrons. The summed E-state index contributed by atoms with van der Waals surface area (Å²) >= 11 is 1.99. The molecular weight excluding hydrogens is 214 g/mol. The molecule has 0 heterocycles. The van der Waals surface area contributed by atoms with Gasteiger partial charge in [0.25, 0.3) is 0 Å². The van der Waals surface area contributed by atoms with Crippen molar-refractivity contribution in [3.05, 3.63) is 35.9 Å². The first kappa shape index (κ1) is 13.6. The molecule has 0 aliphatic rings. The molecule has 0 aliphatic carbocycles. The number of hydrogen-bond donors (Lipinski definition) is 1. The van der Waals surface area contributed by atoms with E-state index in [2.05, 4.69) is 56.4 Å². The van der Waals surface area contributed by atoms with Gasteiger partial charge >= 0.3 is 0 Å². The van der Waals surface area contributed by atoms with Crippen LogP contribution in [0.25, 0.3) is 0 Å². The van der Waals surface area contributed by atoms with Gasteiger partial charge in [-0.05, 0) is 11.0 Å². The van der Waals surface area contributed by atoms with Crippen molar-refractivity contribution in [3.8, 4) is 0 Å². The Balaban J connectivity index is 2.01. The Kier molecular flexibility index (Phi) is 5.93. The van der Waals surface area contributed by atoms with E-state index in [1.807, 2.05) is 11.8 Å². The standard InChI is InChI=1S/C14H23NS/c1-14(2,3)12-15-9-10-16-11-13-7-5-4-6-8-13/h4-8,15H,9-12H2,1-3H3. The molecule has 1 aromatic carbocycles. The zero-order valence-electron chi connectivity index (χ0n) is 10.6. The molecule has 1 N–H and O–H groups in total. The van der Waals surface area contributed by atoms with Crippen molar-refractivity contribution in [1.29, 1.82) is 0 Å². The van der Waals surface area contributed by atoms with E-state index in [-0.39, 0.29) is 0 Å². The van der Waals surface area contributed by atoms with Gasteiger partial charge in [-0.15, -0.1) is 0 Å². The van der Waals surface area contributed by atoms with Crippen molar-refractivity contribution in [3.63, 3.8) is 0 Å². The zero-order valence-corrected chi connectivity index (χ0v) is 11.4. The van der Waals surface area contributed by atoms with Gasteiger partial charge in [0, 0.05) is 24.6 Å². The summed E-state index contributed by atoms with van der Waals surface area (Å²) in [5, 5.41) is 3.49. The summed E-state index contributed by atoms with van der Waals surface area (Å²) in [6.45, 7) is 8.99. The molecule has 0 aromatic heterocycles. The van der Waals surface area contributed by atoms with Crippen molar-refractivity contribution in [2.24, 2.45) is 5.41 Å². The minimum atomic E-state index is 0.393. The first-order valence-corrected chi connectivity index (χ1v) is 7.06. The second kappa shape index (κ2) is 6.97. The molecule has 0 unspecified atom stereocenters. The van der Waals surface area contributed by atoms with Crippen molar-refractivity contribution in [2.45, 2.75) is 26.5 Å². The average molecular weight is 237 g/mol. The molecule has 1 nitrogen and oxygen atoms in total. The predicted molar refractivity (Wildman–Crippen MR) is 74.9 cm³/mol. The molecule has 0 amide bonds. The average Bonchev–Trinajstić information content (AvgIpc) is 2.23. The van der Waals surface area contributed by atoms with Crippen LogP contribution in [-0.2, 0) is 5.75 Å². The van der Waals surface area contributed by atoms with Crippen LogP contribution in [0.2, 0.25) is 0 Å². The molecule has 0 spiro atoms. The molecule has 0 saturated heterocycles. The lowest BCUT2D eigenvalue weighted by Gasteiger charge is -2.18. The third-order valence-corrected chi connectivity index (χ3v) is 3.22. The van der Waals surface area contributed by atoms with E-state index in [1.54, 1.807) is 0 Å². The maximum Gasteiger partial charge on any atom is 0.0185 e. The number of nitrogens with one attached hydrogen (secondary N) is 1. The van der Waals surface area contributed by atoms with E-state index in [0.29, 0.717) is 5.41 Å². The number of thioether (sulfide) groups is 1. The summed E-state index contributed by atoms with van der Waals surface area (Å²) < 4.78 is 0. The molecule has 2 heteroatoms. The van der Waals surface area contributed by atoms with Crippen LogP contribution < -0.4 is 5.32 Å². The van der Waals surface area contributed by atoms with E-state index in [9.17, 15) is 0 Å². The Morgan fingerprint density at radius 1 is 1.12 bits per heavy atom. The SMILES string of the molecule is CC(C)(C)CNCCSCc1ccccc1. The van der Waals surface area contributed by atoms with Gasteiger partial charge < -0.3 is 5.32 Å². The van der Waals surface area contributed by atoms with Crippen LogP contribution in [0.5, 0.6) is 0 Å². The van der Waals surface area contributed by atoms with E-state index in [1.165, 1.54) is 11.3 Å². The molecule has 0 saturated carbocycles. The fourth-order valence-corrected chi connectivity index (χ4v) is 2.23. The number of hydrogen-bond acceptors (Lipinski definition) is 2. The minimum Gasteiger partial charge on any atom is -0.315 e. The van der Waals surface area contributed by atoms with E-state index in [4.69, 9.17) is 0 Å². The largest absolute Gasteiger partial charge is 0.315 e. The molecule has 0 atom stereocenters. The van der Waals surface area contributed by atoms with Crippen LogP contribution in [0.3, 0.4) is 0 Å². The zero-order chi connectivity index (χ0) is 11.9. The Bertz CT molecular complexity index is 277. The van der Waals surface area contributed by atoms with Gasteiger partial charge in [0.1, 0.15) is 0 Å². The summed E-state index contributed by atoms with van der Waals surface area (Å²) in [4.78, 5) is 0. The third kappa shape index (κ3) is 6.91. The molecule has 16 heavy (non-hydrogen) atoms. The fraction of sp³-hybridized carbons (Fsp3) is 0.571. The van der Waals surface area contributed by atoms with Gasteiger partial charge in [0.2, 0.25) is 0 Å². The van der Waals surface area contributed by atoms with Gasteiger partial charge in [-0.2, -0.15) is 11.8 Å². The fourth-order valence-electron chi connectivity index (χ4n) is 1.37. The molecule has 1 aromatic rings. The molecular formula is C14H23NS. The smallest absolute Gasteiger partial charge is 0.0185 e. The Labute approximate surface area is 104 Å². The summed E-state index contributed by atoms with van der Waals surface area (Å²) in [6, 6.07) is 10.7. The van der Waals surface area contributed by atoms with Gasteiger partial charge in [0.05, 0.1) is 0 Å². The van der Waals surface area contributed by atoms with Crippen LogP contribution >= 0.6 is 11.8 Å². The van der Waals surface area contributed by atoms with Gasteiger partial charge in [-0.1, -0.05) is 51.1 Å². The van der Waals surface area contributed by atoms with Gasteiger partial charge in [-0.25, -0.2) is 0 Å². The van der Waals surface area contributed by atoms with Crippen LogP contribution in [0.15, 0.2) is 30.3 Å². The highest BCUT2D eigenvalue weighted by molar-refractivity contribution is 7.98. The highest BCUT2D eigenvalue weighted by atomic mass is 32.2. The minimum absolute atomic E-state index is 0.393. The summed E-state index contributed by atoms with van der Waals surface area (Å²) in [5.41, 5.74) is 1.81. The normalized spacial score (nSPS) is 11.7. The Morgan fingerprint density at radius 3 is 2.44 bits per heavy atom. The number of rotatable bonds is 6. The maximum atomic E-state index is 3.49. The molecule has 1 rings (SSSR count). The van der Waals surface area contributed by atoms with Gasteiger partial charge in [0.15, 0.2) is 0 Å². The first-order valence-electron chi connectivity index (χ1n) is 5.90. The lowest BCUT2D eigenvalue weighted by atomic mass is 9.97.